The zero-order valence-corrected chi connectivity index (χ0v) is 17.5. The molecule has 0 aliphatic carbocycles. The van der Waals surface area contributed by atoms with Crippen molar-refractivity contribution >= 4 is 5.91 Å². The van der Waals surface area contributed by atoms with Gasteiger partial charge in [-0.15, -0.1) is 0 Å². The Kier molecular flexibility index (Phi) is 6.41. The number of rotatable bonds is 6. The van der Waals surface area contributed by atoms with Gasteiger partial charge in [0, 0.05) is 43.3 Å². The second-order valence-electron chi connectivity index (χ2n) is 6.92. The molecule has 0 spiro atoms. The average Bonchev–Trinajstić information content (AvgIpc) is 2.71. The molecule has 1 aromatic heterocycles. The standard InChI is InChI=1S/C21H27N3O5/c1-13-10-19(23-14(2)22-13)29-16-6-8-24(9-7-16)21(25)15-11-17(26-3)20(28-5)18(12-15)27-4/h10-12,16H,6-9H2,1-5H3. The Balaban J connectivity index is 1.67. The van der Waals surface area contributed by atoms with Crippen LogP contribution in [0.1, 0.15) is 34.7 Å². The zero-order chi connectivity index (χ0) is 21.0. The maximum Gasteiger partial charge on any atom is 0.254 e. The van der Waals surface area contributed by atoms with Gasteiger partial charge < -0.3 is 23.8 Å². The van der Waals surface area contributed by atoms with Crippen LogP contribution in [0.5, 0.6) is 23.1 Å². The normalized spacial score (nSPS) is 14.4. The number of carbonyl (C=O) groups is 1. The van der Waals surface area contributed by atoms with Crippen LogP contribution < -0.4 is 18.9 Å². The van der Waals surface area contributed by atoms with Crippen LogP contribution in [-0.4, -0.2) is 61.3 Å². The second-order valence-corrected chi connectivity index (χ2v) is 6.92. The number of methoxy groups -OCH3 is 3. The number of benzene rings is 1. The first-order chi connectivity index (χ1) is 13.9. The van der Waals surface area contributed by atoms with Gasteiger partial charge in [0.25, 0.3) is 5.91 Å². The molecule has 2 aromatic rings. The Labute approximate surface area is 170 Å². The highest BCUT2D eigenvalue weighted by atomic mass is 16.5. The van der Waals surface area contributed by atoms with E-state index in [4.69, 9.17) is 18.9 Å². The number of nitrogens with zero attached hydrogens (tertiary/aromatic N) is 3. The summed E-state index contributed by atoms with van der Waals surface area (Å²) in [4.78, 5) is 23.4. The number of likely N-dealkylation sites (tertiary alicyclic amines) is 1. The van der Waals surface area contributed by atoms with Gasteiger partial charge in [-0.2, -0.15) is 4.98 Å². The molecule has 1 saturated heterocycles. The molecule has 0 unspecified atom stereocenters. The Morgan fingerprint density at radius 2 is 1.59 bits per heavy atom. The first-order valence-corrected chi connectivity index (χ1v) is 9.53. The molecular formula is C21H27N3O5. The van der Waals surface area contributed by atoms with Crippen molar-refractivity contribution < 1.29 is 23.7 Å². The number of carbonyl (C=O) groups excluding carboxylic acids is 1. The monoisotopic (exact) mass is 401 g/mol. The van der Waals surface area contributed by atoms with Gasteiger partial charge in [0.1, 0.15) is 11.9 Å². The maximum absolute atomic E-state index is 13.0. The van der Waals surface area contributed by atoms with Gasteiger partial charge >= 0.3 is 0 Å². The average molecular weight is 401 g/mol. The summed E-state index contributed by atoms with van der Waals surface area (Å²) < 4.78 is 22.0. The lowest BCUT2D eigenvalue weighted by Gasteiger charge is -2.32. The van der Waals surface area contributed by atoms with Gasteiger partial charge in [0.2, 0.25) is 11.6 Å². The summed E-state index contributed by atoms with van der Waals surface area (Å²) in [6, 6.07) is 5.19. The van der Waals surface area contributed by atoms with Crippen LogP contribution >= 0.6 is 0 Å². The molecule has 29 heavy (non-hydrogen) atoms. The van der Waals surface area contributed by atoms with Crippen molar-refractivity contribution in [2.75, 3.05) is 34.4 Å². The SMILES string of the molecule is COc1cc(C(=O)N2CCC(Oc3cc(C)nc(C)n3)CC2)cc(OC)c1OC. The lowest BCUT2D eigenvalue weighted by molar-refractivity contribution is 0.0586. The number of amides is 1. The molecule has 3 rings (SSSR count). The van der Waals surface area contributed by atoms with Crippen molar-refractivity contribution in [1.82, 2.24) is 14.9 Å². The van der Waals surface area contributed by atoms with E-state index in [0.29, 0.717) is 47.6 Å². The molecule has 0 saturated carbocycles. The van der Waals surface area contributed by atoms with Gasteiger partial charge in [-0.25, -0.2) is 4.98 Å². The van der Waals surface area contributed by atoms with Crippen LogP contribution in [-0.2, 0) is 0 Å². The highest BCUT2D eigenvalue weighted by molar-refractivity contribution is 5.95. The summed E-state index contributed by atoms with van der Waals surface area (Å²) in [5, 5.41) is 0. The van der Waals surface area contributed by atoms with Crippen molar-refractivity contribution in [3.63, 3.8) is 0 Å². The van der Waals surface area contributed by atoms with Crippen molar-refractivity contribution in [3.05, 3.63) is 35.3 Å². The number of hydrogen-bond donors (Lipinski definition) is 0. The Morgan fingerprint density at radius 3 is 2.10 bits per heavy atom. The Bertz CT molecular complexity index is 833. The fourth-order valence-electron chi connectivity index (χ4n) is 3.48. The van der Waals surface area contributed by atoms with Crippen LogP contribution in [0.25, 0.3) is 0 Å². The summed E-state index contributed by atoms with van der Waals surface area (Å²) in [5.41, 5.74) is 1.38. The van der Waals surface area contributed by atoms with Crippen LogP contribution in [0.4, 0.5) is 0 Å². The van der Waals surface area contributed by atoms with E-state index < -0.39 is 0 Å². The predicted molar refractivity (Wildman–Crippen MR) is 107 cm³/mol. The van der Waals surface area contributed by atoms with E-state index in [0.717, 1.165) is 18.5 Å². The third-order valence-electron chi connectivity index (χ3n) is 4.87. The lowest BCUT2D eigenvalue weighted by Crippen LogP contribution is -2.41. The fourth-order valence-corrected chi connectivity index (χ4v) is 3.48. The molecule has 1 fully saturated rings. The molecule has 156 valence electrons. The minimum atomic E-state index is -0.0728. The molecule has 1 amide bonds. The third-order valence-corrected chi connectivity index (χ3v) is 4.87. The van der Waals surface area contributed by atoms with E-state index in [1.165, 1.54) is 21.3 Å². The molecule has 1 aliphatic rings. The van der Waals surface area contributed by atoms with Crippen LogP contribution in [0, 0.1) is 13.8 Å². The second kappa shape index (κ2) is 8.98. The molecule has 0 atom stereocenters. The van der Waals surface area contributed by atoms with E-state index in [1.54, 1.807) is 12.1 Å². The molecule has 1 aliphatic heterocycles. The zero-order valence-electron chi connectivity index (χ0n) is 17.5. The molecular weight excluding hydrogens is 374 g/mol. The number of aryl methyl sites for hydroxylation is 2. The molecule has 2 heterocycles. The maximum atomic E-state index is 13.0. The van der Waals surface area contributed by atoms with Crippen molar-refractivity contribution in [2.45, 2.75) is 32.8 Å². The van der Waals surface area contributed by atoms with Crippen LogP contribution in [0.3, 0.4) is 0 Å². The van der Waals surface area contributed by atoms with E-state index in [9.17, 15) is 4.79 Å². The van der Waals surface area contributed by atoms with E-state index in [2.05, 4.69) is 9.97 Å². The van der Waals surface area contributed by atoms with Crippen LogP contribution in [0.2, 0.25) is 0 Å². The predicted octanol–water partition coefficient (Wildman–Crippen LogP) is 2.80. The third kappa shape index (κ3) is 4.70. The van der Waals surface area contributed by atoms with E-state index in [1.807, 2.05) is 24.8 Å². The topological polar surface area (TPSA) is 83.0 Å². The molecule has 8 nitrogen and oxygen atoms in total. The summed E-state index contributed by atoms with van der Waals surface area (Å²) in [6.45, 7) is 4.96. The first-order valence-electron chi connectivity index (χ1n) is 9.53. The highest BCUT2D eigenvalue weighted by Crippen LogP contribution is 2.38. The molecule has 0 bridgehead atoms. The fraction of sp³-hybridized carbons (Fsp3) is 0.476. The molecule has 8 heteroatoms. The number of ether oxygens (including phenoxy) is 4. The summed E-state index contributed by atoms with van der Waals surface area (Å²) in [6.07, 6.45) is 1.49. The van der Waals surface area contributed by atoms with Crippen molar-refractivity contribution in [1.29, 1.82) is 0 Å². The lowest BCUT2D eigenvalue weighted by atomic mass is 10.1. The van der Waals surface area contributed by atoms with Crippen LogP contribution in [0.15, 0.2) is 18.2 Å². The number of piperidine rings is 1. The van der Waals surface area contributed by atoms with Gasteiger partial charge in [0.15, 0.2) is 11.5 Å². The Hall–Kier alpha value is -3.03. The smallest absolute Gasteiger partial charge is 0.254 e. The summed E-state index contributed by atoms with van der Waals surface area (Å²) in [5.74, 6) is 2.59. The van der Waals surface area contributed by atoms with E-state index in [-0.39, 0.29) is 12.0 Å². The minimum Gasteiger partial charge on any atom is -0.493 e. The molecule has 1 aromatic carbocycles. The summed E-state index contributed by atoms with van der Waals surface area (Å²) in [7, 11) is 4.60. The number of aromatic nitrogens is 2. The van der Waals surface area contributed by atoms with E-state index >= 15 is 0 Å². The minimum absolute atomic E-state index is 0.0210. The summed E-state index contributed by atoms with van der Waals surface area (Å²) >= 11 is 0. The quantitative estimate of drug-likeness (QED) is 0.736. The van der Waals surface area contributed by atoms with Gasteiger partial charge in [-0.1, -0.05) is 0 Å². The highest BCUT2D eigenvalue weighted by Gasteiger charge is 2.27. The first kappa shape index (κ1) is 20.7. The van der Waals surface area contributed by atoms with Gasteiger partial charge in [-0.05, 0) is 26.0 Å². The largest absolute Gasteiger partial charge is 0.493 e. The molecule has 0 N–H and O–H groups in total. The van der Waals surface area contributed by atoms with Crippen molar-refractivity contribution in [3.8, 4) is 23.1 Å². The van der Waals surface area contributed by atoms with Crippen molar-refractivity contribution in [2.24, 2.45) is 0 Å². The van der Waals surface area contributed by atoms with Gasteiger partial charge in [-0.3, -0.25) is 4.79 Å². The Morgan fingerprint density at radius 1 is 0.966 bits per heavy atom. The number of hydrogen-bond acceptors (Lipinski definition) is 7. The van der Waals surface area contributed by atoms with Gasteiger partial charge in [0.05, 0.1) is 21.3 Å². The molecule has 0 radical (unpaired) electrons.